The maximum absolute atomic E-state index is 9.53. The van der Waals surface area contributed by atoms with Crippen molar-refractivity contribution in [2.75, 3.05) is 6.61 Å². The van der Waals surface area contributed by atoms with Gasteiger partial charge in [-0.05, 0) is 0 Å². The van der Waals surface area contributed by atoms with E-state index in [-0.39, 0.29) is 42.6 Å². The molecule has 0 aromatic heterocycles. The summed E-state index contributed by atoms with van der Waals surface area (Å²) in [5.41, 5.74) is 0. The van der Waals surface area contributed by atoms with E-state index < -0.39 is 11.2 Å². The number of nitrogens with zero attached hydrogens (tertiary/aromatic N) is 1. The number of nitro groups is 1. The fraction of sp³-hybridized carbons (Fsp3) is 1.00. The molecule has 5 nitrogen and oxygen atoms in total. The molecule has 0 fully saturated rings. The van der Waals surface area contributed by atoms with Crippen LogP contribution in [0, 0.1) is 10.1 Å². The Morgan fingerprint density at radius 3 is 2.22 bits per heavy atom. The molecule has 9 heavy (non-hydrogen) atoms. The van der Waals surface area contributed by atoms with Gasteiger partial charge in [-0.3, -0.25) is 10.1 Å². The van der Waals surface area contributed by atoms with Crippen LogP contribution in [0.4, 0.5) is 0 Å². The molecule has 0 rings (SSSR count). The van der Waals surface area contributed by atoms with Crippen molar-refractivity contribution in [3.8, 4) is 0 Å². The largest absolute Gasteiger partial charge is 0.396 e. The molecule has 0 spiro atoms. The van der Waals surface area contributed by atoms with E-state index in [4.69, 9.17) is 10.2 Å². The minimum Gasteiger partial charge on any atom is -0.396 e. The van der Waals surface area contributed by atoms with E-state index >= 15 is 0 Å². The molecule has 1 radical (unpaired) electrons. The third-order valence-corrected chi connectivity index (χ3v) is 0.631. The smallest absolute Gasteiger partial charge is 0.315 e. The van der Waals surface area contributed by atoms with E-state index in [0.717, 1.165) is 0 Å². The summed E-state index contributed by atoms with van der Waals surface area (Å²) >= 11 is 0. The molecule has 0 amide bonds. The van der Waals surface area contributed by atoms with Gasteiger partial charge in [0.25, 0.3) is 0 Å². The number of aliphatic hydroxyl groups is 2. The monoisotopic (exact) mass is 144 g/mol. The first-order valence-electron chi connectivity index (χ1n) is 2.11. The summed E-state index contributed by atoms with van der Waals surface area (Å²) in [5, 5.41) is 25.8. The van der Waals surface area contributed by atoms with Gasteiger partial charge in [-0.25, -0.2) is 0 Å². The minimum atomic E-state index is -1.61. The fourth-order valence-corrected chi connectivity index (χ4v) is 0.221. The van der Waals surface area contributed by atoms with Crippen LogP contribution < -0.4 is 0 Å². The number of hydrogen-bond donors (Lipinski definition) is 2. The van der Waals surface area contributed by atoms with Gasteiger partial charge in [-0.1, -0.05) is 0 Å². The normalized spacial score (nSPS) is 11.8. The zero-order chi connectivity index (χ0) is 6.57. The van der Waals surface area contributed by atoms with Crippen LogP contribution in [0.15, 0.2) is 0 Å². The van der Waals surface area contributed by atoms with E-state index in [1.54, 1.807) is 0 Å². The van der Waals surface area contributed by atoms with Crippen molar-refractivity contribution in [3.63, 3.8) is 0 Å². The van der Waals surface area contributed by atoms with Crippen molar-refractivity contribution >= 4 is 29.6 Å². The molecular weight excluding hydrogens is 137 g/mol. The van der Waals surface area contributed by atoms with Crippen LogP contribution in [0.1, 0.15) is 6.42 Å². The molecule has 0 aliphatic rings. The van der Waals surface area contributed by atoms with Crippen LogP contribution in [0.25, 0.3) is 0 Å². The SMILES string of the molecule is O=[N+]([O-])C(O)CCO.[Na]. The van der Waals surface area contributed by atoms with Crippen LogP contribution in [-0.4, -0.2) is 57.5 Å². The van der Waals surface area contributed by atoms with Gasteiger partial charge in [-0.2, -0.15) is 0 Å². The molecule has 0 aliphatic heterocycles. The molecule has 1 unspecified atom stereocenters. The Hall–Kier alpha value is 0.320. The number of aliphatic hydroxyl groups excluding tert-OH is 2. The standard InChI is InChI=1S/C3H7NO4.Na/c5-2-1-3(6)4(7)8;/h3,5-6H,1-2H2;. The van der Waals surface area contributed by atoms with Crippen LogP contribution in [-0.2, 0) is 0 Å². The summed E-state index contributed by atoms with van der Waals surface area (Å²) in [7, 11) is 0. The molecule has 0 aliphatic carbocycles. The summed E-state index contributed by atoms with van der Waals surface area (Å²) in [6, 6.07) is 0. The van der Waals surface area contributed by atoms with Crippen molar-refractivity contribution < 1.29 is 15.1 Å². The van der Waals surface area contributed by atoms with Crippen molar-refractivity contribution in [2.45, 2.75) is 12.6 Å². The van der Waals surface area contributed by atoms with Gasteiger partial charge in [0.2, 0.25) is 0 Å². The first kappa shape index (κ1) is 12.0. The Balaban J connectivity index is 0. The first-order chi connectivity index (χ1) is 3.68. The Labute approximate surface area is 74.1 Å². The van der Waals surface area contributed by atoms with Gasteiger partial charge in [0.05, 0.1) is 18.0 Å². The summed E-state index contributed by atoms with van der Waals surface area (Å²) in [6.45, 7) is -0.359. The minimum absolute atomic E-state index is 0. The molecular formula is C3H7NNaO4. The molecule has 6 heteroatoms. The molecule has 49 valence electrons. The van der Waals surface area contributed by atoms with E-state index in [1.165, 1.54) is 0 Å². The van der Waals surface area contributed by atoms with E-state index in [1.807, 2.05) is 0 Å². The van der Waals surface area contributed by atoms with Crippen molar-refractivity contribution in [3.05, 3.63) is 10.1 Å². The average Bonchev–Trinajstić information content (AvgIpc) is 1.67. The summed E-state index contributed by atoms with van der Waals surface area (Å²) in [6.07, 6.45) is -1.81. The van der Waals surface area contributed by atoms with Crippen LogP contribution in [0.5, 0.6) is 0 Å². The number of rotatable bonds is 3. The molecule has 2 N–H and O–H groups in total. The van der Waals surface area contributed by atoms with Crippen molar-refractivity contribution in [1.29, 1.82) is 0 Å². The van der Waals surface area contributed by atoms with Gasteiger partial charge in [0, 0.05) is 29.6 Å². The quantitative estimate of drug-likeness (QED) is 0.220. The maximum Gasteiger partial charge on any atom is 0.315 e. The Kier molecular flexibility index (Phi) is 8.62. The van der Waals surface area contributed by atoms with E-state index in [2.05, 4.69) is 0 Å². The molecule has 0 heterocycles. The van der Waals surface area contributed by atoms with Crippen LogP contribution in [0.3, 0.4) is 0 Å². The molecule has 1 atom stereocenters. The molecule has 0 saturated heterocycles. The van der Waals surface area contributed by atoms with Gasteiger partial charge in [0.1, 0.15) is 0 Å². The summed E-state index contributed by atoms with van der Waals surface area (Å²) in [4.78, 5) is 8.68. The number of hydrogen-bond acceptors (Lipinski definition) is 4. The topological polar surface area (TPSA) is 83.6 Å². The zero-order valence-electron chi connectivity index (χ0n) is 5.15. The second-order valence-electron chi connectivity index (χ2n) is 1.28. The van der Waals surface area contributed by atoms with E-state index in [9.17, 15) is 10.1 Å². The molecule has 0 aromatic carbocycles. The van der Waals surface area contributed by atoms with E-state index in [0.29, 0.717) is 0 Å². The van der Waals surface area contributed by atoms with Crippen molar-refractivity contribution in [2.24, 2.45) is 0 Å². The van der Waals surface area contributed by atoms with Gasteiger partial charge < -0.3 is 10.2 Å². The second kappa shape index (κ2) is 6.44. The first-order valence-corrected chi connectivity index (χ1v) is 2.11. The Bertz CT molecular complexity index is 87.9. The third kappa shape index (κ3) is 6.20. The molecule has 0 aromatic rings. The molecule has 0 saturated carbocycles. The molecule has 0 bridgehead atoms. The summed E-state index contributed by atoms with van der Waals surface area (Å²) < 4.78 is 0. The summed E-state index contributed by atoms with van der Waals surface area (Å²) in [5.74, 6) is 0. The third-order valence-electron chi connectivity index (χ3n) is 0.631. The van der Waals surface area contributed by atoms with Gasteiger partial charge in [0.15, 0.2) is 0 Å². The predicted octanol–water partition coefficient (Wildman–Crippen LogP) is -1.42. The van der Waals surface area contributed by atoms with Crippen LogP contribution in [0.2, 0.25) is 0 Å². The second-order valence-corrected chi connectivity index (χ2v) is 1.28. The Morgan fingerprint density at radius 1 is 1.67 bits per heavy atom. The zero-order valence-corrected chi connectivity index (χ0v) is 7.15. The average molecular weight is 144 g/mol. The van der Waals surface area contributed by atoms with Gasteiger partial charge >= 0.3 is 6.23 Å². The Morgan fingerprint density at radius 2 is 2.11 bits per heavy atom. The predicted molar refractivity (Wildman–Crippen MR) is 30.5 cm³/mol. The maximum atomic E-state index is 9.53. The van der Waals surface area contributed by atoms with Gasteiger partial charge in [-0.15, -0.1) is 0 Å². The van der Waals surface area contributed by atoms with Crippen LogP contribution >= 0.6 is 0 Å². The van der Waals surface area contributed by atoms with Crippen molar-refractivity contribution in [1.82, 2.24) is 0 Å². The fourth-order valence-electron chi connectivity index (χ4n) is 0.221.